The summed E-state index contributed by atoms with van der Waals surface area (Å²) >= 11 is 2.81. The van der Waals surface area contributed by atoms with Crippen LogP contribution in [0.2, 0.25) is 0 Å². The first-order chi connectivity index (χ1) is 14.1. The highest BCUT2D eigenvalue weighted by atomic mass is 32.2. The average Bonchev–Trinajstić information content (AvgIpc) is 3.16. The summed E-state index contributed by atoms with van der Waals surface area (Å²) in [5, 5.41) is 1.69. The zero-order valence-corrected chi connectivity index (χ0v) is 17.9. The van der Waals surface area contributed by atoms with Crippen LogP contribution < -0.4 is 10.5 Å². The molecule has 1 fully saturated rings. The van der Waals surface area contributed by atoms with Crippen LogP contribution in [0, 0.1) is 0 Å². The zero-order valence-electron chi connectivity index (χ0n) is 16.3. The summed E-state index contributed by atoms with van der Waals surface area (Å²) < 4.78 is 5.80. The Kier molecular flexibility index (Phi) is 6.15. The first-order valence-electron chi connectivity index (χ1n) is 9.74. The normalized spacial score (nSPS) is 14.5. The van der Waals surface area contributed by atoms with Gasteiger partial charge in [-0.15, -0.1) is 0 Å². The van der Waals surface area contributed by atoms with Gasteiger partial charge in [0.25, 0.3) is 5.56 Å². The predicted molar refractivity (Wildman–Crippen MR) is 118 cm³/mol. The van der Waals surface area contributed by atoms with Crippen molar-refractivity contribution in [1.29, 1.82) is 0 Å². The van der Waals surface area contributed by atoms with Crippen molar-refractivity contribution in [3.8, 4) is 0 Å². The Morgan fingerprint density at radius 1 is 1.24 bits per heavy atom. The Bertz CT molecular complexity index is 1060. The lowest BCUT2D eigenvalue weighted by Gasteiger charge is -2.35. The number of hydrogen-bond donors (Lipinski definition) is 1. The molecule has 0 unspecified atom stereocenters. The lowest BCUT2D eigenvalue weighted by atomic mass is 10.2. The Morgan fingerprint density at radius 3 is 2.83 bits per heavy atom. The molecule has 1 aliphatic rings. The molecule has 4 rings (SSSR count). The number of carbonyl (C=O) groups excluding carboxylic acids is 1. The molecule has 2 aromatic heterocycles. The Balaban J connectivity index is 1.33. The van der Waals surface area contributed by atoms with Gasteiger partial charge in [0.05, 0.1) is 10.5 Å². The van der Waals surface area contributed by atoms with Gasteiger partial charge in [-0.1, -0.05) is 37.2 Å². The lowest BCUT2D eigenvalue weighted by Crippen LogP contribution is -2.49. The number of H-pyrrole nitrogens is 1. The third-order valence-corrected chi connectivity index (χ3v) is 6.58. The molecular weight excluding hydrogens is 406 g/mol. The summed E-state index contributed by atoms with van der Waals surface area (Å²) in [5.74, 6) is 1.36. The van der Waals surface area contributed by atoms with Gasteiger partial charge in [-0.3, -0.25) is 9.59 Å². The van der Waals surface area contributed by atoms with Crippen molar-refractivity contribution >= 4 is 45.1 Å². The quantitative estimate of drug-likeness (QED) is 0.479. The van der Waals surface area contributed by atoms with Gasteiger partial charge in [0.2, 0.25) is 5.91 Å². The number of aryl methyl sites for hydroxylation is 1. The summed E-state index contributed by atoms with van der Waals surface area (Å²) in [6.07, 6.45) is 1.69. The monoisotopic (exact) mass is 429 g/mol. The minimum absolute atomic E-state index is 0.0707. The minimum Gasteiger partial charge on any atom is -0.352 e. The molecule has 1 amide bonds. The zero-order chi connectivity index (χ0) is 20.2. The fraction of sp³-hybridized carbons (Fsp3) is 0.400. The molecule has 29 heavy (non-hydrogen) atoms. The molecule has 0 spiro atoms. The van der Waals surface area contributed by atoms with E-state index in [4.69, 9.17) is 0 Å². The number of thioether (sulfide) groups is 1. The number of carbonyl (C=O) groups is 1. The van der Waals surface area contributed by atoms with Crippen LogP contribution in [0.25, 0.3) is 10.1 Å². The number of rotatable bonds is 6. The first-order valence-corrected chi connectivity index (χ1v) is 11.5. The van der Waals surface area contributed by atoms with Crippen molar-refractivity contribution in [2.24, 2.45) is 0 Å². The highest BCUT2D eigenvalue weighted by Gasteiger charge is 2.23. The van der Waals surface area contributed by atoms with Gasteiger partial charge in [-0.2, -0.15) is 4.37 Å². The van der Waals surface area contributed by atoms with Crippen molar-refractivity contribution in [2.75, 3.05) is 36.8 Å². The number of amides is 1. The van der Waals surface area contributed by atoms with E-state index in [9.17, 15) is 9.59 Å². The smallest absolute Gasteiger partial charge is 0.251 e. The van der Waals surface area contributed by atoms with E-state index in [-0.39, 0.29) is 17.2 Å². The van der Waals surface area contributed by atoms with Gasteiger partial charge < -0.3 is 14.8 Å². The van der Waals surface area contributed by atoms with E-state index >= 15 is 0 Å². The highest BCUT2D eigenvalue weighted by Crippen LogP contribution is 2.29. The fourth-order valence-electron chi connectivity index (χ4n) is 3.43. The first kappa shape index (κ1) is 19.9. The van der Waals surface area contributed by atoms with Crippen LogP contribution >= 0.6 is 23.3 Å². The van der Waals surface area contributed by atoms with Gasteiger partial charge in [-0.05, 0) is 30.1 Å². The number of fused-ring (bicyclic) bond motifs is 1. The van der Waals surface area contributed by atoms with E-state index in [0.29, 0.717) is 18.2 Å². The minimum atomic E-state index is -0.164. The molecule has 0 aliphatic carbocycles. The third kappa shape index (κ3) is 4.62. The molecule has 1 N–H and O–H groups in total. The molecule has 7 nitrogen and oxygen atoms in total. The van der Waals surface area contributed by atoms with Crippen molar-refractivity contribution in [3.05, 3.63) is 46.4 Å². The standard InChI is InChI=1S/C20H23N5O2S2/c1-2-5-14-12-17(26)22-20(21-14)28-13-18(27)24-8-10-25(11-9-24)19-15-6-3-4-7-16(15)29-23-19/h3-4,6-7,12H,2,5,8-11,13H2,1H3,(H,21,22,26). The molecular formula is C20H23N5O2S2. The van der Waals surface area contributed by atoms with E-state index < -0.39 is 0 Å². The fourth-order valence-corrected chi connectivity index (χ4v) is 5.02. The second kappa shape index (κ2) is 8.96. The number of benzene rings is 1. The van der Waals surface area contributed by atoms with Crippen molar-refractivity contribution < 1.29 is 4.79 Å². The second-order valence-electron chi connectivity index (χ2n) is 6.95. The number of hydrogen-bond acceptors (Lipinski definition) is 7. The van der Waals surface area contributed by atoms with E-state index in [0.717, 1.165) is 37.4 Å². The third-order valence-electron chi connectivity index (χ3n) is 4.90. The number of nitrogens with one attached hydrogen (secondary N) is 1. The SMILES string of the molecule is CCCc1cc(=O)[nH]c(SCC(=O)N2CCN(c3nsc4ccccc34)CC2)n1. The molecule has 9 heteroatoms. The van der Waals surface area contributed by atoms with Crippen LogP contribution in [0.5, 0.6) is 0 Å². The maximum atomic E-state index is 12.6. The van der Waals surface area contributed by atoms with Gasteiger partial charge in [0.15, 0.2) is 5.16 Å². The predicted octanol–water partition coefficient (Wildman–Crippen LogP) is 2.77. The maximum absolute atomic E-state index is 12.6. The summed E-state index contributed by atoms with van der Waals surface area (Å²) in [6, 6.07) is 9.77. The maximum Gasteiger partial charge on any atom is 0.251 e. The van der Waals surface area contributed by atoms with Crippen LogP contribution in [0.1, 0.15) is 19.0 Å². The average molecular weight is 430 g/mol. The lowest BCUT2D eigenvalue weighted by molar-refractivity contribution is -0.128. The Labute approximate surface area is 177 Å². The van der Waals surface area contributed by atoms with Crippen LogP contribution in [0.3, 0.4) is 0 Å². The van der Waals surface area contributed by atoms with Gasteiger partial charge in [0, 0.05) is 43.3 Å². The van der Waals surface area contributed by atoms with E-state index in [1.54, 1.807) is 0 Å². The van der Waals surface area contributed by atoms with Gasteiger partial charge in [-0.25, -0.2) is 4.98 Å². The molecule has 152 valence electrons. The number of aromatic amines is 1. The number of piperazine rings is 1. The molecule has 1 saturated heterocycles. The Morgan fingerprint density at radius 2 is 2.03 bits per heavy atom. The van der Waals surface area contributed by atoms with Crippen LogP contribution in [-0.4, -0.2) is 57.1 Å². The van der Waals surface area contributed by atoms with Crippen LogP contribution in [0.4, 0.5) is 5.82 Å². The molecule has 0 saturated carbocycles. The number of nitrogens with zero attached hydrogens (tertiary/aromatic N) is 4. The summed E-state index contributed by atoms with van der Waals surface area (Å²) in [4.78, 5) is 35.7. The largest absolute Gasteiger partial charge is 0.352 e. The van der Waals surface area contributed by atoms with Crippen LogP contribution in [0.15, 0.2) is 40.3 Å². The van der Waals surface area contributed by atoms with E-state index in [1.807, 2.05) is 24.0 Å². The second-order valence-corrected chi connectivity index (χ2v) is 8.72. The van der Waals surface area contributed by atoms with E-state index in [2.05, 4.69) is 31.4 Å². The molecule has 0 bridgehead atoms. The van der Waals surface area contributed by atoms with Crippen molar-refractivity contribution in [2.45, 2.75) is 24.9 Å². The highest BCUT2D eigenvalue weighted by molar-refractivity contribution is 7.99. The molecule has 1 aliphatic heterocycles. The van der Waals surface area contributed by atoms with Gasteiger partial charge in [0.1, 0.15) is 5.82 Å². The molecule has 0 radical (unpaired) electrons. The molecule has 1 aromatic carbocycles. The number of anilines is 1. The van der Waals surface area contributed by atoms with Gasteiger partial charge >= 0.3 is 0 Å². The van der Waals surface area contributed by atoms with Crippen molar-refractivity contribution in [1.82, 2.24) is 19.2 Å². The van der Waals surface area contributed by atoms with Crippen molar-refractivity contribution in [3.63, 3.8) is 0 Å². The summed E-state index contributed by atoms with van der Waals surface area (Å²) in [6.45, 7) is 4.93. The Hall–Kier alpha value is -2.39. The van der Waals surface area contributed by atoms with E-state index in [1.165, 1.54) is 39.4 Å². The molecule has 0 atom stereocenters. The van der Waals surface area contributed by atoms with Crippen LogP contribution in [-0.2, 0) is 11.2 Å². The number of aromatic nitrogens is 3. The molecule has 3 heterocycles. The topological polar surface area (TPSA) is 82.2 Å². The summed E-state index contributed by atoms with van der Waals surface area (Å²) in [7, 11) is 0. The molecule has 3 aromatic rings. The summed E-state index contributed by atoms with van der Waals surface area (Å²) in [5.41, 5.74) is 0.609.